The molecule has 0 aliphatic rings. The molecule has 0 bridgehead atoms. The van der Waals surface area contributed by atoms with E-state index in [4.69, 9.17) is 9.47 Å². The molecule has 0 N–H and O–H groups in total. The van der Waals surface area contributed by atoms with Gasteiger partial charge in [-0.2, -0.15) is 0 Å². The van der Waals surface area contributed by atoms with Crippen molar-refractivity contribution in [2.45, 2.75) is 6.54 Å². The average Bonchev–Trinajstić information content (AvgIpc) is 3.10. The molecule has 2 heterocycles. The van der Waals surface area contributed by atoms with E-state index in [1.54, 1.807) is 31.6 Å². The Morgan fingerprint density at radius 3 is 2.71 bits per heavy atom. The minimum Gasteiger partial charge on any atom is -0.496 e. The van der Waals surface area contributed by atoms with Crippen LogP contribution in [-0.4, -0.2) is 34.7 Å². The van der Waals surface area contributed by atoms with Gasteiger partial charge in [-0.1, -0.05) is 12.1 Å². The van der Waals surface area contributed by atoms with Gasteiger partial charge in [-0.15, -0.1) is 0 Å². The highest BCUT2D eigenvalue weighted by Gasteiger charge is 2.13. The molecular formula is C18H17N3O3. The number of carbonyl (C=O) groups is 1. The largest absolute Gasteiger partial charge is 0.496 e. The van der Waals surface area contributed by atoms with Crippen molar-refractivity contribution in [3.05, 3.63) is 66.1 Å². The lowest BCUT2D eigenvalue weighted by Crippen LogP contribution is -2.06. The Balaban J connectivity index is 1.92. The summed E-state index contributed by atoms with van der Waals surface area (Å²) in [5.41, 5.74) is 2.18. The molecular weight excluding hydrogens is 306 g/mol. The first-order valence-corrected chi connectivity index (χ1v) is 7.40. The molecule has 3 rings (SSSR count). The highest BCUT2D eigenvalue weighted by Crippen LogP contribution is 2.24. The maximum atomic E-state index is 11.6. The van der Waals surface area contributed by atoms with Crippen LogP contribution in [0.15, 0.2) is 55.0 Å². The van der Waals surface area contributed by atoms with Gasteiger partial charge in [0.2, 0.25) is 0 Å². The summed E-state index contributed by atoms with van der Waals surface area (Å²) in [5, 5.41) is 0. The van der Waals surface area contributed by atoms with Crippen LogP contribution in [-0.2, 0) is 11.3 Å². The second-order valence-electron chi connectivity index (χ2n) is 5.11. The zero-order valence-corrected chi connectivity index (χ0v) is 13.5. The Hall–Kier alpha value is -3.15. The van der Waals surface area contributed by atoms with Crippen LogP contribution in [0.25, 0.3) is 11.5 Å². The van der Waals surface area contributed by atoms with E-state index in [0.717, 1.165) is 17.1 Å². The monoisotopic (exact) mass is 323 g/mol. The van der Waals surface area contributed by atoms with Crippen LogP contribution in [0.1, 0.15) is 15.9 Å². The first-order valence-electron chi connectivity index (χ1n) is 7.40. The molecule has 2 aromatic heterocycles. The summed E-state index contributed by atoms with van der Waals surface area (Å²) >= 11 is 0. The summed E-state index contributed by atoms with van der Waals surface area (Å²) in [4.78, 5) is 20.4. The van der Waals surface area contributed by atoms with Crippen LogP contribution in [0.2, 0.25) is 0 Å². The molecule has 3 aromatic rings. The van der Waals surface area contributed by atoms with E-state index < -0.39 is 5.97 Å². The average molecular weight is 323 g/mol. The van der Waals surface area contributed by atoms with E-state index in [1.807, 2.05) is 35.0 Å². The van der Waals surface area contributed by atoms with E-state index in [9.17, 15) is 4.79 Å². The van der Waals surface area contributed by atoms with E-state index in [2.05, 4.69) is 9.97 Å². The van der Waals surface area contributed by atoms with Crippen LogP contribution < -0.4 is 4.74 Å². The molecule has 6 nitrogen and oxygen atoms in total. The van der Waals surface area contributed by atoms with Crippen molar-refractivity contribution in [1.29, 1.82) is 0 Å². The molecule has 0 fully saturated rings. The molecule has 0 radical (unpaired) electrons. The van der Waals surface area contributed by atoms with Gasteiger partial charge in [0.1, 0.15) is 11.4 Å². The number of benzene rings is 1. The van der Waals surface area contributed by atoms with Gasteiger partial charge in [-0.05, 0) is 24.3 Å². The molecule has 0 atom stereocenters. The quantitative estimate of drug-likeness (QED) is 0.676. The van der Waals surface area contributed by atoms with Crippen molar-refractivity contribution in [1.82, 2.24) is 14.5 Å². The second kappa shape index (κ2) is 6.95. The molecule has 1 aromatic carbocycles. The molecule has 0 amide bonds. The lowest BCUT2D eigenvalue weighted by atomic mass is 10.1. The minimum atomic E-state index is -0.392. The van der Waals surface area contributed by atoms with Crippen molar-refractivity contribution in [3.63, 3.8) is 0 Å². The van der Waals surface area contributed by atoms with Crippen LogP contribution in [0.4, 0.5) is 0 Å². The maximum absolute atomic E-state index is 11.6. The van der Waals surface area contributed by atoms with Gasteiger partial charge < -0.3 is 14.0 Å². The first-order chi connectivity index (χ1) is 11.7. The number of imidazole rings is 1. The van der Waals surface area contributed by atoms with Crippen molar-refractivity contribution in [3.8, 4) is 17.3 Å². The Bertz CT molecular complexity index is 844. The number of aromatic nitrogens is 3. The number of nitrogens with zero attached hydrogens (tertiary/aromatic N) is 3. The standard InChI is InChI=1S/C18H17N3O3/c1-23-16-11-13(18(22)24-2)6-7-14(16)12-21-10-9-20-17(21)15-5-3-4-8-19-15/h3-11H,12H2,1-2H3. The third-order valence-corrected chi connectivity index (χ3v) is 3.66. The van der Waals surface area contributed by atoms with Gasteiger partial charge in [0.15, 0.2) is 5.82 Å². The fourth-order valence-electron chi connectivity index (χ4n) is 2.47. The van der Waals surface area contributed by atoms with Gasteiger partial charge in [0, 0.05) is 24.2 Å². The van der Waals surface area contributed by atoms with Gasteiger partial charge in [-0.25, -0.2) is 9.78 Å². The molecule has 0 aliphatic carbocycles. The van der Waals surface area contributed by atoms with E-state index in [0.29, 0.717) is 17.9 Å². The number of carbonyl (C=O) groups excluding carboxylic acids is 1. The summed E-state index contributed by atoms with van der Waals surface area (Å²) in [7, 11) is 2.93. The predicted molar refractivity (Wildman–Crippen MR) is 88.9 cm³/mol. The highest BCUT2D eigenvalue weighted by molar-refractivity contribution is 5.89. The van der Waals surface area contributed by atoms with Gasteiger partial charge >= 0.3 is 5.97 Å². The van der Waals surface area contributed by atoms with Crippen LogP contribution in [0.5, 0.6) is 5.75 Å². The lowest BCUT2D eigenvalue weighted by Gasteiger charge is -2.12. The van der Waals surface area contributed by atoms with Crippen LogP contribution in [0.3, 0.4) is 0 Å². The maximum Gasteiger partial charge on any atom is 0.337 e. The number of pyridine rings is 1. The highest BCUT2D eigenvalue weighted by atomic mass is 16.5. The Kier molecular flexibility index (Phi) is 4.56. The van der Waals surface area contributed by atoms with Gasteiger partial charge in [0.25, 0.3) is 0 Å². The summed E-state index contributed by atoms with van der Waals surface area (Å²) in [6.07, 6.45) is 5.36. The lowest BCUT2D eigenvalue weighted by molar-refractivity contribution is 0.0600. The summed E-state index contributed by atoms with van der Waals surface area (Å²) in [6, 6.07) is 11.0. The zero-order valence-electron chi connectivity index (χ0n) is 13.5. The number of hydrogen-bond acceptors (Lipinski definition) is 5. The Labute approximate surface area is 139 Å². The third kappa shape index (κ3) is 3.12. The molecule has 0 unspecified atom stereocenters. The number of methoxy groups -OCH3 is 2. The molecule has 24 heavy (non-hydrogen) atoms. The SMILES string of the molecule is COC(=O)c1ccc(Cn2ccnc2-c2ccccn2)c(OC)c1. The van der Waals surface area contributed by atoms with E-state index in [-0.39, 0.29) is 0 Å². The summed E-state index contributed by atoms with van der Waals surface area (Å²) < 4.78 is 12.1. The second-order valence-corrected chi connectivity index (χ2v) is 5.11. The van der Waals surface area contributed by atoms with Gasteiger partial charge in [0.05, 0.1) is 26.3 Å². The number of rotatable bonds is 5. The topological polar surface area (TPSA) is 66.2 Å². The number of ether oxygens (including phenoxy) is 2. The van der Waals surface area contributed by atoms with E-state index in [1.165, 1.54) is 7.11 Å². The summed E-state index contributed by atoms with van der Waals surface area (Å²) in [6.45, 7) is 0.552. The smallest absolute Gasteiger partial charge is 0.337 e. The van der Waals surface area contributed by atoms with Crippen molar-refractivity contribution in [2.75, 3.05) is 14.2 Å². The fraction of sp³-hybridized carbons (Fsp3) is 0.167. The van der Waals surface area contributed by atoms with Crippen molar-refractivity contribution >= 4 is 5.97 Å². The van der Waals surface area contributed by atoms with Gasteiger partial charge in [-0.3, -0.25) is 4.98 Å². The predicted octanol–water partition coefficient (Wildman–Crippen LogP) is 2.79. The molecule has 0 saturated carbocycles. The molecule has 122 valence electrons. The number of hydrogen-bond donors (Lipinski definition) is 0. The molecule has 0 aliphatic heterocycles. The Morgan fingerprint density at radius 2 is 2.00 bits per heavy atom. The molecule has 6 heteroatoms. The normalized spacial score (nSPS) is 10.4. The minimum absolute atomic E-state index is 0.392. The van der Waals surface area contributed by atoms with Crippen molar-refractivity contribution in [2.24, 2.45) is 0 Å². The summed E-state index contributed by atoms with van der Waals surface area (Å²) in [5.74, 6) is 1.00. The van der Waals surface area contributed by atoms with Crippen LogP contribution in [0, 0.1) is 0 Å². The fourth-order valence-corrected chi connectivity index (χ4v) is 2.47. The molecule has 0 spiro atoms. The first kappa shape index (κ1) is 15.7. The van der Waals surface area contributed by atoms with Crippen LogP contribution >= 0.6 is 0 Å². The van der Waals surface area contributed by atoms with Crippen molar-refractivity contribution < 1.29 is 14.3 Å². The Morgan fingerprint density at radius 1 is 1.12 bits per heavy atom. The van der Waals surface area contributed by atoms with E-state index >= 15 is 0 Å². The third-order valence-electron chi connectivity index (χ3n) is 3.66. The zero-order chi connectivity index (χ0) is 16.9. The molecule has 0 saturated heterocycles. The number of esters is 1.